The van der Waals surface area contributed by atoms with Crippen molar-refractivity contribution in [2.24, 2.45) is 28.1 Å². The normalized spacial score (nSPS) is 36.4. The van der Waals surface area contributed by atoms with E-state index in [9.17, 15) is 49.5 Å². The molecule has 1 aliphatic heterocycles. The Morgan fingerprint density at radius 1 is 0.950 bits per heavy atom. The first kappa shape index (κ1) is 47.2. The highest BCUT2D eigenvalue weighted by Gasteiger charge is 2.79. The van der Waals surface area contributed by atoms with Crippen LogP contribution in [0.25, 0.3) is 0 Å². The van der Waals surface area contributed by atoms with Crippen LogP contribution >= 0.6 is 0 Å². The Morgan fingerprint density at radius 3 is 2.07 bits per heavy atom. The van der Waals surface area contributed by atoms with Crippen LogP contribution in [0.4, 0.5) is 9.59 Å². The molecule has 5 aliphatic rings. The highest BCUT2D eigenvalue weighted by atomic mass is 16.8. The number of aliphatic carboxylic acids is 1. The number of methoxy groups -OCH3 is 1. The molecule has 338 valence electrons. The molecule has 1 heterocycles. The lowest BCUT2D eigenvalue weighted by Crippen LogP contribution is -2.82. The van der Waals surface area contributed by atoms with Crippen LogP contribution < -0.4 is 5.32 Å². The predicted molar refractivity (Wildman–Crippen MR) is 207 cm³/mol. The lowest BCUT2D eigenvalue weighted by molar-refractivity contribution is -0.347. The number of hydrogen-bond donors (Lipinski definition) is 6. The van der Waals surface area contributed by atoms with Crippen LogP contribution in [-0.4, -0.2) is 134 Å². The average molecular weight is 854 g/mol. The van der Waals surface area contributed by atoms with E-state index < -0.39 is 129 Å². The number of ketones is 1. The van der Waals surface area contributed by atoms with Crippen LogP contribution in [0.2, 0.25) is 0 Å². The minimum atomic E-state index is -2.41. The SMILES string of the molecule is COC(=O)O[C@@]12CO[C@@H]1CC(O)[C@@]1(C)C(=O)[C@H](O)C3=C(C)[C@@](C)(OC(=O)[C@H](O)[C@@H](NC(=O)OC(C)(C)C(=O)O)C(C)(C)C)C[C@@](O)([C@@H](OC(=O)C4CCCCC4)C12)C3(C)C. The molecule has 0 radical (unpaired) electrons. The molecule has 1 saturated heterocycles. The van der Waals surface area contributed by atoms with E-state index >= 15 is 4.79 Å². The molecule has 0 aromatic heterocycles. The minimum Gasteiger partial charge on any atom is -0.478 e. The van der Waals surface area contributed by atoms with Gasteiger partial charge in [-0.1, -0.05) is 53.9 Å². The quantitative estimate of drug-likeness (QED) is 0.111. The van der Waals surface area contributed by atoms with Gasteiger partial charge in [0.25, 0.3) is 0 Å². The van der Waals surface area contributed by atoms with Gasteiger partial charge in [-0.2, -0.15) is 0 Å². The van der Waals surface area contributed by atoms with Crippen LogP contribution in [0.15, 0.2) is 11.1 Å². The van der Waals surface area contributed by atoms with Crippen molar-refractivity contribution in [1.82, 2.24) is 5.32 Å². The van der Waals surface area contributed by atoms with Crippen LogP contribution in [0.1, 0.15) is 114 Å². The number of amides is 1. The zero-order valence-corrected chi connectivity index (χ0v) is 36.4. The Morgan fingerprint density at radius 2 is 1.55 bits per heavy atom. The Bertz CT molecular complexity index is 1790. The second-order valence-electron chi connectivity index (χ2n) is 19.8. The maximum Gasteiger partial charge on any atom is 0.508 e. The second-order valence-corrected chi connectivity index (χ2v) is 19.8. The van der Waals surface area contributed by atoms with E-state index in [0.29, 0.717) is 12.8 Å². The topological polar surface area (TPSA) is 271 Å². The van der Waals surface area contributed by atoms with Crippen molar-refractivity contribution in [3.05, 3.63) is 11.1 Å². The fraction of sp³-hybridized carbons (Fsp3) is 0.810. The molecule has 0 aromatic carbocycles. The summed E-state index contributed by atoms with van der Waals surface area (Å²) in [5, 5.41) is 61.3. The lowest BCUT2D eigenvalue weighted by atomic mass is 9.44. The van der Waals surface area contributed by atoms with Crippen LogP contribution in [0.3, 0.4) is 0 Å². The van der Waals surface area contributed by atoms with Gasteiger partial charge in [-0.15, -0.1) is 0 Å². The highest BCUT2D eigenvalue weighted by Crippen LogP contribution is 2.65. The van der Waals surface area contributed by atoms with Crippen molar-refractivity contribution < 1.29 is 82.7 Å². The molecule has 18 nitrogen and oxygen atoms in total. The molecule has 60 heavy (non-hydrogen) atoms. The van der Waals surface area contributed by atoms with Gasteiger partial charge >= 0.3 is 30.2 Å². The van der Waals surface area contributed by atoms with Crippen LogP contribution in [0, 0.1) is 28.1 Å². The van der Waals surface area contributed by atoms with Crippen molar-refractivity contribution in [2.45, 2.75) is 173 Å². The molecule has 0 aromatic rings. The summed E-state index contributed by atoms with van der Waals surface area (Å²) in [5.41, 5.74) is -13.0. The van der Waals surface area contributed by atoms with E-state index in [0.717, 1.165) is 40.2 Å². The van der Waals surface area contributed by atoms with Crippen LogP contribution in [-0.2, 0) is 47.6 Å². The van der Waals surface area contributed by atoms with Gasteiger partial charge in [0.2, 0.25) is 5.60 Å². The number of carbonyl (C=O) groups excluding carboxylic acids is 5. The van der Waals surface area contributed by atoms with E-state index in [4.69, 9.17) is 28.4 Å². The first-order valence-electron chi connectivity index (χ1n) is 20.5. The zero-order chi connectivity index (χ0) is 45.3. The number of nitrogens with one attached hydrogen (secondary N) is 1. The third-order valence-corrected chi connectivity index (χ3v) is 14.3. The summed E-state index contributed by atoms with van der Waals surface area (Å²) in [6, 6.07) is -1.45. The summed E-state index contributed by atoms with van der Waals surface area (Å²) in [6.07, 6.45) is -8.58. The smallest absolute Gasteiger partial charge is 0.478 e. The molecule has 2 unspecified atom stereocenters. The van der Waals surface area contributed by atoms with Gasteiger partial charge in [0, 0.05) is 18.3 Å². The molecule has 2 bridgehead atoms. The molecule has 5 rings (SSSR count). The molecule has 0 spiro atoms. The number of alkyl carbamates (subject to hydrolysis) is 1. The Labute approximate surface area is 349 Å². The van der Waals surface area contributed by atoms with Crippen LogP contribution in [0.5, 0.6) is 0 Å². The second kappa shape index (κ2) is 15.8. The van der Waals surface area contributed by atoms with E-state index in [1.165, 1.54) is 34.6 Å². The van der Waals surface area contributed by atoms with E-state index in [-0.39, 0.29) is 24.2 Å². The third kappa shape index (κ3) is 7.57. The number of ether oxygens (including phenoxy) is 6. The summed E-state index contributed by atoms with van der Waals surface area (Å²) in [7, 11) is 1.07. The summed E-state index contributed by atoms with van der Waals surface area (Å²) in [4.78, 5) is 81.2. The molecule has 4 fully saturated rings. The molecular weight excluding hydrogens is 790 g/mol. The van der Waals surface area contributed by atoms with Gasteiger partial charge in [-0.25, -0.2) is 19.2 Å². The first-order chi connectivity index (χ1) is 27.5. The van der Waals surface area contributed by atoms with Gasteiger partial charge in [0.1, 0.15) is 29.5 Å². The number of carboxylic acids is 1. The van der Waals surface area contributed by atoms with Gasteiger partial charge in [-0.05, 0) is 64.0 Å². The van der Waals surface area contributed by atoms with Gasteiger partial charge in [0.05, 0.1) is 43.1 Å². The largest absolute Gasteiger partial charge is 0.508 e. The number of carbonyl (C=O) groups is 6. The Hall–Kier alpha value is -3.84. The third-order valence-electron chi connectivity index (χ3n) is 14.3. The zero-order valence-electron chi connectivity index (χ0n) is 36.4. The van der Waals surface area contributed by atoms with Gasteiger partial charge in [-0.3, -0.25) is 9.59 Å². The van der Waals surface area contributed by atoms with Crippen molar-refractivity contribution in [3.63, 3.8) is 0 Å². The maximum atomic E-state index is 15.1. The van der Waals surface area contributed by atoms with Crippen molar-refractivity contribution in [3.8, 4) is 0 Å². The molecule has 11 atom stereocenters. The predicted octanol–water partition coefficient (Wildman–Crippen LogP) is 2.87. The number of hydrogen-bond acceptors (Lipinski definition) is 16. The Kier molecular flexibility index (Phi) is 12.4. The van der Waals surface area contributed by atoms with Crippen molar-refractivity contribution in [2.75, 3.05) is 13.7 Å². The van der Waals surface area contributed by atoms with Gasteiger partial charge < -0.3 is 59.3 Å². The molecule has 18 heteroatoms. The summed E-state index contributed by atoms with van der Waals surface area (Å²) < 4.78 is 34.3. The first-order valence-corrected chi connectivity index (χ1v) is 20.5. The Balaban J connectivity index is 1.68. The number of aliphatic hydroxyl groups excluding tert-OH is 3. The molecule has 6 N–H and O–H groups in total. The van der Waals surface area contributed by atoms with Gasteiger partial charge in [0.15, 0.2) is 17.5 Å². The maximum absolute atomic E-state index is 15.1. The summed E-state index contributed by atoms with van der Waals surface area (Å²) in [5.74, 6) is -6.60. The summed E-state index contributed by atoms with van der Waals surface area (Å²) >= 11 is 0. The molecule has 1 amide bonds. The number of esters is 2. The van der Waals surface area contributed by atoms with E-state index in [1.54, 1.807) is 20.8 Å². The average Bonchev–Trinajstić information content (AvgIpc) is 3.14. The summed E-state index contributed by atoms with van der Waals surface area (Å²) in [6.45, 7) is 14.0. The number of carboxylic acid groups (broad SMARTS) is 1. The number of Topliss-reactive ketones (excluding diaryl/α,β-unsaturated/α-hetero) is 1. The van der Waals surface area contributed by atoms with Crippen molar-refractivity contribution >= 4 is 35.9 Å². The number of rotatable bonds is 9. The molecule has 4 aliphatic carbocycles. The van der Waals surface area contributed by atoms with Crippen molar-refractivity contribution in [1.29, 1.82) is 0 Å². The minimum absolute atomic E-state index is 0.100. The fourth-order valence-electron chi connectivity index (χ4n) is 10.3. The standard InChI is InChI=1S/C42H63NO17/c1-20-24-25(45)29(47)40(10)22(44)17-23-41(19-56-23,60-35(53)55-11)27(40)30(57-31(48)21-15-13-12-14-16-21)42(54,37(24,5)6)18-39(20,9)58-32(49)26(46)28(36(2,3)4)43-34(52)59-38(7,8)33(50)51/h21-23,25-28,30,44-46,54H,12-19H2,1-11H3,(H,43,52)(H,50,51)/t22?,23-,25-,26-,27?,28-,30+,39+,40-,41+,42-/m1/s1. The number of fused-ring (bicyclic) bond motifs is 5. The highest BCUT2D eigenvalue weighted by molar-refractivity contribution is 5.93. The number of aliphatic hydroxyl groups is 4. The lowest BCUT2D eigenvalue weighted by Gasteiger charge is -2.67. The molecular formula is C42H63NO17. The van der Waals surface area contributed by atoms with E-state index in [2.05, 4.69) is 5.32 Å². The van der Waals surface area contributed by atoms with E-state index in [1.807, 2.05) is 0 Å². The molecule has 3 saturated carbocycles. The fourth-order valence-corrected chi connectivity index (χ4v) is 10.3. The monoisotopic (exact) mass is 853 g/mol.